The molecule has 0 saturated heterocycles. The van der Waals surface area contributed by atoms with Gasteiger partial charge in [-0.15, -0.1) is 0 Å². The molecule has 2 aromatic rings. The number of hydrogen-bond donors (Lipinski definition) is 0. The van der Waals surface area contributed by atoms with Gasteiger partial charge in [0.25, 0.3) is 0 Å². The molecule has 0 radical (unpaired) electrons. The van der Waals surface area contributed by atoms with Gasteiger partial charge in [-0.2, -0.15) is 4.98 Å². The Morgan fingerprint density at radius 3 is 3.07 bits per heavy atom. The number of rotatable bonds is 2. The molecule has 1 heterocycles. The highest BCUT2D eigenvalue weighted by atomic mass is 127. The average Bonchev–Trinajstić information content (AvgIpc) is 2.60. The SMILES string of the molecule is IC#CCOc1nc2ccccc2o1. The summed E-state index contributed by atoms with van der Waals surface area (Å²) < 4.78 is 13.2. The van der Waals surface area contributed by atoms with Crippen LogP contribution in [0.4, 0.5) is 0 Å². The Kier molecular flexibility index (Phi) is 2.89. The maximum Gasteiger partial charge on any atom is 0.395 e. The lowest BCUT2D eigenvalue weighted by Gasteiger charge is -1.90. The summed E-state index contributed by atoms with van der Waals surface area (Å²) >= 11 is 1.95. The monoisotopic (exact) mass is 299 g/mol. The quantitative estimate of drug-likeness (QED) is 0.631. The van der Waals surface area contributed by atoms with E-state index in [1.807, 2.05) is 46.9 Å². The molecule has 0 aliphatic rings. The first kappa shape index (κ1) is 9.34. The minimum atomic E-state index is 0.269. The van der Waals surface area contributed by atoms with Gasteiger partial charge in [-0.1, -0.05) is 18.1 Å². The molecule has 2 rings (SSSR count). The molecule has 0 amide bonds. The Bertz CT molecular complexity index is 462. The zero-order valence-electron chi connectivity index (χ0n) is 7.16. The summed E-state index contributed by atoms with van der Waals surface area (Å²) in [4.78, 5) is 4.13. The van der Waals surface area contributed by atoms with Gasteiger partial charge in [0.15, 0.2) is 12.2 Å². The van der Waals surface area contributed by atoms with Crippen LogP contribution in [-0.2, 0) is 0 Å². The molecule has 0 N–H and O–H groups in total. The van der Waals surface area contributed by atoms with Gasteiger partial charge in [-0.05, 0) is 16.1 Å². The number of para-hydroxylation sites is 2. The molecule has 0 aliphatic carbocycles. The maximum atomic E-state index is 5.31. The fraction of sp³-hybridized carbons (Fsp3) is 0.100. The first-order valence-corrected chi connectivity index (χ1v) is 5.05. The lowest BCUT2D eigenvalue weighted by molar-refractivity contribution is 0.271. The summed E-state index contributed by atoms with van der Waals surface area (Å²) in [6.07, 6.45) is 0.269. The molecule has 0 saturated carbocycles. The van der Waals surface area contributed by atoms with Crippen molar-refractivity contribution in [1.82, 2.24) is 4.98 Å². The number of hydrogen-bond acceptors (Lipinski definition) is 3. The number of nitrogens with zero attached hydrogens (tertiary/aromatic N) is 1. The van der Waals surface area contributed by atoms with Crippen molar-refractivity contribution in [3.63, 3.8) is 0 Å². The number of fused-ring (bicyclic) bond motifs is 1. The van der Waals surface area contributed by atoms with Crippen LogP contribution < -0.4 is 4.74 Å². The fourth-order valence-corrected chi connectivity index (χ4v) is 1.19. The molecule has 0 bridgehead atoms. The zero-order chi connectivity index (χ0) is 9.80. The van der Waals surface area contributed by atoms with Crippen molar-refractivity contribution in [2.45, 2.75) is 0 Å². The Hall–Kier alpha value is -1.22. The van der Waals surface area contributed by atoms with Gasteiger partial charge in [0.1, 0.15) is 5.52 Å². The summed E-state index contributed by atoms with van der Waals surface area (Å²) in [6, 6.07) is 7.51. The minimum absolute atomic E-state index is 0.269. The molecule has 0 spiro atoms. The number of ether oxygens (including phenoxy) is 1. The van der Waals surface area contributed by atoms with Gasteiger partial charge in [0, 0.05) is 22.6 Å². The summed E-state index contributed by atoms with van der Waals surface area (Å²) in [5, 5.41) is 0. The molecule has 70 valence electrons. The van der Waals surface area contributed by atoms with E-state index < -0.39 is 0 Å². The van der Waals surface area contributed by atoms with Crippen LogP contribution in [-0.4, -0.2) is 11.6 Å². The van der Waals surface area contributed by atoms with Crippen molar-refractivity contribution >= 4 is 33.7 Å². The van der Waals surface area contributed by atoms with Gasteiger partial charge in [0.2, 0.25) is 0 Å². The van der Waals surface area contributed by atoms with Crippen molar-refractivity contribution in [1.29, 1.82) is 0 Å². The first-order valence-electron chi connectivity index (χ1n) is 3.97. The second-order valence-corrected chi connectivity index (χ2v) is 3.05. The van der Waals surface area contributed by atoms with Gasteiger partial charge >= 0.3 is 6.08 Å². The molecular formula is C10H6INO2. The predicted molar refractivity (Wildman–Crippen MR) is 61.3 cm³/mol. The maximum absolute atomic E-state index is 5.31. The molecule has 3 nitrogen and oxygen atoms in total. The van der Waals surface area contributed by atoms with Crippen molar-refractivity contribution in [3.05, 3.63) is 24.3 Å². The number of oxazole rings is 1. The van der Waals surface area contributed by atoms with Crippen LogP contribution in [0.2, 0.25) is 0 Å². The first-order chi connectivity index (χ1) is 6.90. The molecule has 0 fully saturated rings. The van der Waals surface area contributed by atoms with Crippen LogP contribution >= 0.6 is 22.6 Å². The number of halogens is 1. The predicted octanol–water partition coefficient (Wildman–Crippen LogP) is 2.60. The molecule has 0 aliphatic heterocycles. The van der Waals surface area contributed by atoms with Crippen LogP contribution in [0.15, 0.2) is 28.7 Å². The number of aromatic nitrogens is 1. The van der Waals surface area contributed by atoms with E-state index in [2.05, 4.69) is 14.8 Å². The molecule has 14 heavy (non-hydrogen) atoms. The van der Waals surface area contributed by atoms with Gasteiger partial charge in [-0.25, -0.2) is 0 Å². The van der Waals surface area contributed by atoms with Crippen LogP contribution in [0.25, 0.3) is 11.1 Å². The van der Waals surface area contributed by atoms with Gasteiger partial charge in [0.05, 0.1) is 0 Å². The Labute approximate surface area is 94.6 Å². The molecule has 0 unspecified atom stereocenters. The normalized spacial score (nSPS) is 9.50. The van der Waals surface area contributed by atoms with Crippen LogP contribution in [0.1, 0.15) is 0 Å². The number of benzene rings is 1. The largest absolute Gasteiger partial charge is 0.437 e. The van der Waals surface area contributed by atoms with E-state index in [0.29, 0.717) is 6.61 Å². The van der Waals surface area contributed by atoms with E-state index in [4.69, 9.17) is 9.15 Å². The van der Waals surface area contributed by atoms with Crippen LogP contribution in [0, 0.1) is 9.85 Å². The standard InChI is InChI=1S/C10H6INO2/c11-6-3-7-13-10-12-8-4-1-2-5-9(8)14-10/h1-2,4-5H,7H2. The lowest BCUT2D eigenvalue weighted by Crippen LogP contribution is -1.92. The van der Waals surface area contributed by atoms with Crippen molar-refractivity contribution < 1.29 is 9.15 Å². The molecule has 0 atom stereocenters. The van der Waals surface area contributed by atoms with E-state index in [9.17, 15) is 0 Å². The zero-order valence-corrected chi connectivity index (χ0v) is 9.32. The average molecular weight is 299 g/mol. The van der Waals surface area contributed by atoms with Crippen molar-refractivity contribution in [3.8, 4) is 15.9 Å². The van der Waals surface area contributed by atoms with Gasteiger partial charge in [-0.3, -0.25) is 0 Å². The topological polar surface area (TPSA) is 35.3 Å². The second kappa shape index (κ2) is 4.33. The summed E-state index contributed by atoms with van der Waals surface area (Å²) in [7, 11) is 0. The van der Waals surface area contributed by atoms with Crippen molar-refractivity contribution in [2.24, 2.45) is 0 Å². The highest BCUT2D eigenvalue weighted by Gasteiger charge is 2.03. The second-order valence-electron chi connectivity index (χ2n) is 2.51. The van der Waals surface area contributed by atoms with Gasteiger partial charge < -0.3 is 9.15 Å². The third-order valence-corrected chi connectivity index (χ3v) is 1.99. The summed E-state index contributed by atoms with van der Waals surface area (Å²) in [5.74, 6) is 2.76. The molecular weight excluding hydrogens is 293 g/mol. The van der Waals surface area contributed by atoms with E-state index in [-0.39, 0.29) is 6.08 Å². The van der Waals surface area contributed by atoms with Crippen molar-refractivity contribution in [2.75, 3.05) is 6.61 Å². The molecule has 1 aromatic heterocycles. The van der Waals surface area contributed by atoms with E-state index in [1.165, 1.54) is 0 Å². The van der Waals surface area contributed by atoms with E-state index >= 15 is 0 Å². The van der Waals surface area contributed by atoms with Crippen LogP contribution in [0.5, 0.6) is 6.08 Å². The highest BCUT2D eigenvalue weighted by Crippen LogP contribution is 2.19. The third-order valence-electron chi connectivity index (χ3n) is 1.61. The highest BCUT2D eigenvalue weighted by molar-refractivity contribution is 14.1. The smallest absolute Gasteiger partial charge is 0.395 e. The Morgan fingerprint density at radius 1 is 1.43 bits per heavy atom. The molecule has 1 aromatic carbocycles. The lowest BCUT2D eigenvalue weighted by atomic mass is 10.3. The van der Waals surface area contributed by atoms with E-state index in [1.54, 1.807) is 0 Å². The van der Waals surface area contributed by atoms with Crippen LogP contribution in [0.3, 0.4) is 0 Å². The Morgan fingerprint density at radius 2 is 2.29 bits per heavy atom. The molecule has 4 heteroatoms. The summed E-state index contributed by atoms with van der Waals surface area (Å²) in [6.45, 7) is 0.301. The fourth-order valence-electron chi connectivity index (χ4n) is 1.04. The minimum Gasteiger partial charge on any atom is -0.437 e. The summed E-state index contributed by atoms with van der Waals surface area (Å²) in [5.41, 5.74) is 1.52. The Balaban J connectivity index is 2.21. The third kappa shape index (κ3) is 1.99. The van der Waals surface area contributed by atoms with E-state index in [0.717, 1.165) is 11.1 Å².